The van der Waals surface area contributed by atoms with E-state index in [1.54, 1.807) is 13.2 Å². The van der Waals surface area contributed by atoms with Crippen LogP contribution >= 0.6 is 0 Å². The van der Waals surface area contributed by atoms with Crippen molar-refractivity contribution >= 4 is 55.9 Å². The van der Waals surface area contributed by atoms with Crippen molar-refractivity contribution in [3.8, 4) is 22.8 Å². The van der Waals surface area contributed by atoms with Crippen molar-refractivity contribution in [2.24, 2.45) is 17.6 Å². The van der Waals surface area contributed by atoms with Crippen LogP contribution in [-0.4, -0.2) is 85.3 Å². The van der Waals surface area contributed by atoms with E-state index in [1.165, 1.54) is 4.90 Å². The molecular weight excluding hydrogens is 803 g/mol. The number of primary amides is 1. The minimum absolute atomic E-state index is 0.0243. The fourth-order valence-electron chi connectivity index (χ4n) is 8.50. The molecule has 4 amide bonds. The van der Waals surface area contributed by atoms with Gasteiger partial charge in [0.25, 0.3) is 0 Å². The van der Waals surface area contributed by atoms with Crippen LogP contribution in [0.25, 0.3) is 33.3 Å². The van der Waals surface area contributed by atoms with Gasteiger partial charge in [-0.25, -0.2) is 18.2 Å². The van der Waals surface area contributed by atoms with E-state index in [0.717, 1.165) is 55.9 Å². The number of hydrogen-bond acceptors (Lipinski definition) is 11. The normalized spacial score (nSPS) is 22.1. The van der Waals surface area contributed by atoms with Crippen LogP contribution in [-0.2, 0) is 29.1 Å². The van der Waals surface area contributed by atoms with E-state index in [1.807, 2.05) is 60.7 Å². The lowest BCUT2D eigenvalue weighted by atomic mass is 10.0. The quantitative estimate of drug-likeness (QED) is 0.0749. The predicted molar refractivity (Wildman–Crippen MR) is 227 cm³/mol. The van der Waals surface area contributed by atoms with Gasteiger partial charge < -0.3 is 34.6 Å². The number of unbranched alkanes of at least 4 members (excludes halogenated alkanes) is 3. The number of amides is 4. The average molecular weight is 856 g/mol. The SMILES string of the molecule is COc1cccc(-c2cc(O[C@@H]3C[C@@H](C(N)=O)N(C(=O)[C@H](CCCCC/C=C\[C@@H]4C[C@@H]4C(=O)NS(=O)(=O)C4CC4)NC(=O)OC4CCCC4)C3)c3oc4ccccc4c3n2)c1. The molecule has 0 radical (unpaired) electrons. The van der Waals surface area contributed by atoms with E-state index in [0.29, 0.717) is 66.0 Å². The van der Waals surface area contributed by atoms with Crippen LogP contribution in [0.1, 0.15) is 83.5 Å². The number of rotatable bonds is 18. The van der Waals surface area contributed by atoms with Crippen LogP contribution in [0, 0.1) is 11.8 Å². The number of fused-ring (bicyclic) bond motifs is 3. The van der Waals surface area contributed by atoms with Gasteiger partial charge in [0.1, 0.15) is 41.1 Å². The van der Waals surface area contributed by atoms with E-state index < -0.39 is 57.3 Å². The summed E-state index contributed by atoms with van der Waals surface area (Å²) in [4.78, 5) is 59.3. The maximum absolute atomic E-state index is 14.4. The zero-order valence-electron chi connectivity index (χ0n) is 34.3. The first kappa shape index (κ1) is 42.1. The van der Waals surface area contributed by atoms with Crippen LogP contribution in [0.5, 0.6) is 11.5 Å². The summed E-state index contributed by atoms with van der Waals surface area (Å²) in [5.41, 5.74) is 9.00. The molecule has 4 aliphatic rings. The monoisotopic (exact) mass is 855 g/mol. The van der Waals surface area contributed by atoms with Crippen molar-refractivity contribution in [2.75, 3.05) is 13.7 Å². The first-order valence-corrected chi connectivity index (χ1v) is 22.9. The van der Waals surface area contributed by atoms with Gasteiger partial charge in [0.15, 0.2) is 11.3 Å². The van der Waals surface area contributed by atoms with Gasteiger partial charge in [0.2, 0.25) is 27.7 Å². The molecule has 16 heteroatoms. The molecule has 8 rings (SSSR count). The number of benzene rings is 2. The van der Waals surface area contributed by atoms with Crippen LogP contribution in [0.15, 0.2) is 71.2 Å². The molecule has 4 fully saturated rings. The van der Waals surface area contributed by atoms with Gasteiger partial charge in [-0.3, -0.25) is 19.1 Å². The van der Waals surface area contributed by atoms with E-state index in [2.05, 4.69) is 10.0 Å². The van der Waals surface area contributed by atoms with Gasteiger partial charge in [-0.05, 0) is 94.4 Å². The molecule has 0 bridgehead atoms. The Morgan fingerprint density at radius 1 is 0.984 bits per heavy atom. The number of methoxy groups -OCH3 is 1. The van der Waals surface area contributed by atoms with Crippen LogP contribution in [0.2, 0.25) is 0 Å². The Labute approximate surface area is 354 Å². The number of hydrogen-bond donors (Lipinski definition) is 3. The van der Waals surface area contributed by atoms with Crippen LogP contribution in [0.4, 0.5) is 4.79 Å². The molecule has 1 aliphatic heterocycles. The number of alkyl carbamates (subject to hydrolysis) is 1. The topological polar surface area (TPSA) is 209 Å². The van der Waals surface area contributed by atoms with Gasteiger partial charge >= 0.3 is 6.09 Å². The Balaban J connectivity index is 0.928. The summed E-state index contributed by atoms with van der Waals surface area (Å²) in [6, 6.07) is 14.9. The highest BCUT2D eigenvalue weighted by Crippen LogP contribution is 2.41. The molecule has 2 aromatic heterocycles. The Hall–Kier alpha value is -5.64. The Morgan fingerprint density at radius 2 is 1.79 bits per heavy atom. The Bertz CT molecular complexity index is 2420. The summed E-state index contributed by atoms with van der Waals surface area (Å²) in [6.45, 7) is 0.0400. The van der Waals surface area contributed by atoms with Crippen molar-refractivity contribution in [2.45, 2.75) is 113 Å². The van der Waals surface area contributed by atoms with Gasteiger partial charge in [-0.15, -0.1) is 0 Å². The second-order valence-corrected chi connectivity index (χ2v) is 18.7. The largest absolute Gasteiger partial charge is 0.497 e. The Kier molecular flexibility index (Phi) is 12.5. The zero-order valence-corrected chi connectivity index (χ0v) is 35.1. The molecule has 5 atom stereocenters. The molecule has 2 aromatic carbocycles. The van der Waals surface area contributed by atoms with Crippen molar-refractivity contribution in [3.63, 3.8) is 0 Å². The third-order valence-corrected chi connectivity index (χ3v) is 14.0. The maximum atomic E-state index is 14.4. The van der Waals surface area contributed by atoms with E-state index >= 15 is 0 Å². The number of pyridine rings is 1. The third-order valence-electron chi connectivity index (χ3n) is 12.1. The van der Waals surface area contributed by atoms with Gasteiger partial charge in [-0.1, -0.05) is 49.3 Å². The molecular formula is C45H53N5O10S. The number of nitrogens with zero attached hydrogens (tertiary/aromatic N) is 2. The van der Waals surface area contributed by atoms with Gasteiger partial charge in [0.05, 0.1) is 24.6 Å². The molecule has 3 aliphatic carbocycles. The number of nitrogens with one attached hydrogen (secondary N) is 2. The molecule has 3 heterocycles. The van der Waals surface area contributed by atoms with Gasteiger partial charge in [-0.2, -0.15) is 0 Å². The summed E-state index contributed by atoms with van der Waals surface area (Å²) in [6.07, 6.45) is 11.1. The number of aromatic nitrogens is 1. The first-order chi connectivity index (χ1) is 29.5. The van der Waals surface area contributed by atoms with E-state index in [9.17, 15) is 27.6 Å². The maximum Gasteiger partial charge on any atom is 0.408 e. The molecule has 3 saturated carbocycles. The number of nitrogens with two attached hydrogens (primary N) is 1. The molecule has 4 N–H and O–H groups in total. The van der Waals surface area contributed by atoms with E-state index in [4.69, 9.17) is 29.3 Å². The van der Waals surface area contributed by atoms with Crippen molar-refractivity contribution in [3.05, 3.63) is 66.7 Å². The molecule has 324 valence electrons. The number of carbonyl (C=O) groups excluding carboxylic acids is 4. The second kappa shape index (κ2) is 18.1. The predicted octanol–water partition coefficient (Wildman–Crippen LogP) is 6.28. The number of para-hydroxylation sites is 1. The second-order valence-electron chi connectivity index (χ2n) is 16.7. The summed E-state index contributed by atoms with van der Waals surface area (Å²) < 4.78 is 50.5. The number of sulfonamides is 1. The lowest BCUT2D eigenvalue weighted by molar-refractivity contribution is -0.139. The van der Waals surface area contributed by atoms with Gasteiger partial charge in [0, 0.05) is 29.4 Å². The summed E-state index contributed by atoms with van der Waals surface area (Å²) >= 11 is 0. The fourth-order valence-corrected chi connectivity index (χ4v) is 9.86. The summed E-state index contributed by atoms with van der Waals surface area (Å²) in [5.74, 6) is -0.789. The highest BCUT2D eigenvalue weighted by Gasteiger charge is 2.45. The fraction of sp³-hybridized carbons (Fsp3) is 0.489. The standard InChI is InChI=1S/C45H53N5O10S/c1-57-30-16-11-13-28(22-30)36-25-39(41-40(47-36)33-17-9-10-19-38(33)60-41)58-31-24-37(42(46)51)50(26-31)44(53)35(48-45(54)59-29-14-7-8-15-29)18-6-4-2-3-5-12-27-23-34(27)43(52)49-61(55,56)32-20-21-32/h5,9-13,16-17,19,22,25,27,29,31-32,34-35,37H,2-4,6-8,14-15,18,20-21,23-24,26H2,1H3,(H2,46,51)(H,48,54)(H,49,52)/b12-5-/t27-,31-,34+,35+,37+/m1/s1. The number of likely N-dealkylation sites (tertiary alicyclic amines) is 1. The lowest BCUT2D eigenvalue weighted by Gasteiger charge is -2.28. The highest BCUT2D eigenvalue weighted by molar-refractivity contribution is 7.90. The first-order valence-electron chi connectivity index (χ1n) is 21.4. The average Bonchev–Trinajstić information content (AvgIpc) is 4.11. The summed E-state index contributed by atoms with van der Waals surface area (Å²) in [7, 11) is -1.96. The van der Waals surface area contributed by atoms with Crippen LogP contribution in [0.3, 0.4) is 0 Å². The zero-order chi connectivity index (χ0) is 42.7. The molecule has 0 unspecified atom stereocenters. The number of ether oxygens (including phenoxy) is 3. The number of furan rings is 1. The van der Waals surface area contributed by atoms with E-state index in [-0.39, 0.29) is 30.9 Å². The molecule has 61 heavy (non-hydrogen) atoms. The molecule has 15 nitrogen and oxygen atoms in total. The molecule has 1 saturated heterocycles. The van der Waals surface area contributed by atoms with Crippen molar-refractivity contribution < 1.29 is 46.2 Å². The van der Waals surface area contributed by atoms with Crippen molar-refractivity contribution in [1.82, 2.24) is 19.9 Å². The molecule has 4 aromatic rings. The number of allylic oxidation sites excluding steroid dienone is 2. The molecule has 0 spiro atoms. The minimum Gasteiger partial charge on any atom is -0.497 e. The third kappa shape index (κ3) is 9.95. The number of carbonyl (C=O) groups is 4. The smallest absolute Gasteiger partial charge is 0.408 e. The minimum atomic E-state index is -3.55. The highest BCUT2D eigenvalue weighted by atomic mass is 32.2. The van der Waals surface area contributed by atoms with Crippen molar-refractivity contribution in [1.29, 1.82) is 0 Å². The summed E-state index contributed by atoms with van der Waals surface area (Å²) in [5, 5.41) is 3.18. The van der Waals surface area contributed by atoms with Crippen LogP contribution < -0.4 is 25.2 Å². The lowest BCUT2D eigenvalue weighted by Crippen LogP contribution is -2.53. The Morgan fingerprint density at radius 3 is 2.56 bits per heavy atom.